The minimum atomic E-state index is 0.805. The lowest BCUT2D eigenvalue weighted by atomic mass is 9.77. The number of hydrogen-bond acceptors (Lipinski definition) is 2. The Balaban J connectivity index is 1.65. The minimum absolute atomic E-state index is 0.805. The Morgan fingerprint density at radius 2 is 1.89 bits per heavy atom. The smallest absolute Gasteiger partial charge is 0.0233 e. The van der Waals surface area contributed by atoms with E-state index in [1.165, 1.54) is 37.9 Å². The molecule has 1 saturated carbocycles. The van der Waals surface area contributed by atoms with E-state index in [1.54, 1.807) is 0 Å². The molecule has 0 N–H and O–H groups in total. The van der Waals surface area contributed by atoms with Gasteiger partial charge < -0.3 is 4.90 Å². The summed E-state index contributed by atoms with van der Waals surface area (Å²) in [6.07, 6.45) is 4.26. The third kappa shape index (κ3) is 2.85. The van der Waals surface area contributed by atoms with Crippen LogP contribution >= 0.6 is 0 Å². The quantitative estimate of drug-likeness (QED) is 0.822. The molecule has 1 aromatic carbocycles. The molecule has 104 valence electrons. The molecule has 0 bridgehead atoms. The monoisotopic (exact) mass is 258 g/mol. The van der Waals surface area contributed by atoms with Crippen molar-refractivity contribution in [3.8, 4) is 0 Å². The highest BCUT2D eigenvalue weighted by molar-refractivity contribution is 5.15. The second-order valence-electron chi connectivity index (χ2n) is 6.57. The van der Waals surface area contributed by atoms with Crippen molar-refractivity contribution >= 4 is 0 Å². The lowest BCUT2D eigenvalue weighted by Gasteiger charge is -2.37. The van der Waals surface area contributed by atoms with Crippen molar-refractivity contribution in [1.29, 1.82) is 0 Å². The second kappa shape index (κ2) is 5.64. The molecule has 2 aliphatic rings. The molecule has 2 nitrogen and oxygen atoms in total. The highest BCUT2D eigenvalue weighted by Gasteiger charge is 2.40. The van der Waals surface area contributed by atoms with E-state index in [0.717, 1.165) is 24.4 Å². The summed E-state index contributed by atoms with van der Waals surface area (Å²) in [6.45, 7) is 3.74. The molecule has 0 spiro atoms. The van der Waals surface area contributed by atoms with Crippen LogP contribution in [0.4, 0.5) is 0 Å². The normalized spacial score (nSPS) is 31.6. The Labute approximate surface area is 117 Å². The average molecular weight is 258 g/mol. The van der Waals surface area contributed by atoms with Gasteiger partial charge in [-0.05, 0) is 44.3 Å². The standard InChI is InChI=1S/C17H26N2/c1-18(2)17-10-6-9-15-12-19(13-16(15)17)11-14-7-4-3-5-8-14/h3-5,7-8,15-17H,6,9-13H2,1-2H3. The molecule has 0 radical (unpaired) electrons. The van der Waals surface area contributed by atoms with Crippen molar-refractivity contribution in [2.45, 2.75) is 31.8 Å². The Bertz CT molecular complexity index is 401. The van der Waals surface area contributed by atoms with Gasteiger partial charge in [0, 0.05) is 25.7 Å². The van der Waals surface area contributed by atoms with Crippen LogP contribution in [0, 0.1) is 11.8 Å². The largest absolute Gasteiger partial charge is 0.306 e. The molecule has 1 aliphatic carbocycles. The number of hydrogen-bond donors (Lipinski definition) is 0. The highest BCUT2D eigenvalue weighted by Crippen LogP contribution is 2.38. The van der Waals surface area contributed by atoms with E-state index in [-0.39, 0.29) is 0 Å². The van der Waals surface area contributed by atoms with Crippen LogP contribution in [0.2, 0.25) is 0 Å². The van der Waals surface area contributed by atoms with Crippen molar-refractivity contribution in [1.82, 2.24) is 9.80 Å². The van der Waals surface area contributed by atoms with Crippen molar-refractivity contribution in [2.24, 2.45) is 11.8 Å². The van der Waals surface area contributed by atoms with Crippen molar-refractivity contribution < 1.29 is 0 Å². The minimum Gasteiger partial charge on any atom is -0.306 e. The maximum atomic E-state index is 2.67. The molecule has 3 unspecified atom stereocenters. The average Bonchev–Trinajstić information content (AvgIpc) is 2.81. The number of benzene rings is 1. The summed E-state index contributed by atoms with van der Waals surface area (Å²) in [5.41, 5.74) is 1.46. The topological polar surface area (TPSA) is 6.48 Å². The Morgan fingerprint density at radius 3 is 2.63 bits per heavy atom. The van der Waals surface area contributed by atoms with Gasteiger partial charge in [-0.15, -0.1) is 0 Å². The molecule has 2 fully saturated rings. The fourth-order valence-corrected chi connectivity index (χ4v) is 4.15. The van der Waals surface area contributed by atoms with Crippen LogP contribution < -0.4 is 0 Å². The van der Waals surface area contributed by atoms with Crippen LogP contribution in [0.1, 0.15) is 24.8 Å². The van der Waals surface area contributed by atoms with E-state index in [9.17, 15) is 0 Å². The first-order chi connectivity index (χ1) is 9.24. The number of rotatable bonds is 3. The van der Waals surface area contributed by atoms with E-state index in [4.69, 9.17) is 0 Å². The van der Waals surface area contributed by atoms with Crippen molar-refractivity contribution in [2.75, 3.05) is 27.2 Å². The summed E-state index contributed by atoms with van der Waals surface area (Å²) in [5.74, 6) is 1.83. The van der Waals surface area contributed by atoms with Gasteiger partial charge in [-0.2, -0.15) is 0 Å². The van der Waals surface area contributed by atoms with E-state index in [1.807, 2.05) is 0 Å². The van der Waals surface area contributed by atoms with Gasteiger partial charge in [0.05, 0.1) is 0 Å². The molecular weight excluding hydrogens is 232 g/mol. The maximum Gasteiger partial charge on any atom is 0.0233 e. The van der Waals surface area contributed by atoms with Crippen molar-refractivity contribution in [3.63, 3.8) is 0 Å². The molecule has 1 aromatic rings. The van der Waals surface area contributed by atoms with E-state index in [0.29, 0.717) is 0 Å². The molecule has 2 heteroatoms. The van der Waals surface area contributed by atoms with Crippen LogP contribution in [0.15, 0.2) is 30.3 Å². The Morgan fingerprint density at radius 1 is 1.11 bits per heavy atom. The zero-order valence-corrected chi connectivity index (χ0v) is 12.3. The summed E-state index contributed by atoms with van der Waals surface area (Å²) in [4.78, 5) is 5.13. The van der Waals surface area contributed by atoms with Crippen LogP contribution in [-0.4, -0.2) is 43.0 Å². The summed E-state index contributed by atoms with van der Waals surface area (Å²) in [5, 5.41) is 0. The van der Waals surface area contributed by atoms with Crippen LogP contribution in [0.25, 0.3) is 0 Å². The molecule has 0 amide bonds. The number of fused-ring (bicyclic) bond motifs is 1. The Kier molecular flexibility index (Phi) is 3.90. The highest BCUT2D eigenvalue weighted by atomic mass is 15.2. The summed E-state index contributed by atoms with van der Waals surface area (Å²) in [6, 6.07) is 11.7. The van der Waals surface area contributed by atoms with E-state index < -0.39 is 0 Å². The van der Waals surface area contributed by atoms with Gasteiger partial charge in [-0.1, -0.05) is 36.8 Å². The molecule has 3 rings (SSSR count). The number of likely N-dealkylation sites (tertiary alicyclic amines) is 1. The lowest BCUT2D eigenvalue weighted by Crippen LogP contribution is -2.41. The van der Waals surface area contributed by atoms with Gasteiger partial charge >= 0.3 is 0 Å². The van der Waals surface area contributed by atoms with Gasteiger partial charge in [0.25, 0.3) is 0 Å². The van der Waals surface area contributed by atoms with Crippen LogP contribution in [0.5, 0.6) is 0 Å². The van der Waals surface area contributed by atoms with Gasteiger partial charge in [0.15, 0.2) is 0 Å². The van der Waals surface area contributed by atoms with E-state index >= 15 is 0 Å². The summed E-state index contributed by atoms with van der Waals surface area (Å²) < 4.78 is 0. The third-order valence-electron chi connectivity index (χ3n) is 5.05. The molecular formula is C17H26N2. The fourth-order valence-electron chi connectivity index (χ4n) is 4.15. The zero-order chi connectivity index (χ0) is 13.2. The third-order valence-corrected chi connectivity index (χ3v) is 5.05. The van der Waals surface area contributed by atoms with Gasteiger partial charge in [-0.25, -0.2) is 0 Å². The summed E-state index contributed by atoms with van der Waals surface area (Å²) >= 11 is 0. The first-order valence-corrected chi connectivity index (χ1v) is 7.67. The van der Waals surface area contributed by atoms with Crippen LogP contribution in [0.3, 0.4) is 0 Å². The zero-order valence-electron chi connectivity index (χ0n) is 12.3. The predicted molar refractivity (Wildman–Crippen MR) is 80.0 cm³/mol. The van der Waals surface area contributed by atoms with E-state index in [2.05, 4.69) is 54.2 Å². The molecule has 1 aliphatic heterocycles. The first kappa shape index (κ1) is 13.1. The van der Waals surface area contributed by atoms with Gasteiger partial charge in [-0.3, -0.25) is 4.90 Å². The van der Waals surface area contributed by atoms with Gasteiger partial charge in [0.2, 0.25) is 0 Å². The molecule has 1 saturated heterocycles. The predicted octanol–water partition coefficient (Wildman–Crippen LogP) is 2.85. The summed E-state index contributed by atoms with van der Waals surface area (Å²) in [7, 11) is 4.51. The Hall–Kier alpha value is -0.860. The molecule has 19 heavy (non-hydrogen) atoms. The van der Waals surface area contributed by atoms with Gasteiger partial charge in [0.1, 0.15) is 0 Å². The first-order valence-electron chi connectivity index (χ1n) is 7.67. The fraction of sp³-hybridized carbons (Fsp3) is 0.647. The maximum absolute atomic E-state index is 2.67. The van der Waals surface area contributed by atoms with Crippen LogP contribution in [-0.2, 0) is 6.54 Å². The molecule has 3 atom stereocenters. The lowest BCUT2D eigenvalue weighted by molar-refractivity contribution is 0.132. The SMILES string of the molecule is CN(C)C1CCCC2CN(Cc3ccccc3)CC21. The second-order valence-corrected chi connectivity index (χ2v) is 6.57. The van der Waals surface area contributed by atoms with Crippen molar-refractivity contribution in [3.05, 3.63) is 35.9 Å². The number of nitrogens with zero attached hydrogens (tertiary/aromatic N) is 2. The molecule has 1 heterocycles. The molecule has 0 aromatic heterocycles.